The highest BCUT2D eigenvalue weighted by Crippen LogP contribution is 2.31. The van der Waals surface area contributed by atoms with E-state index < -0.39 is 0 Å². The number of H-pyrrole nitrogens is 1. The van der Waals surface area contributed by atoms with E-state index in [0.717, 1.165) is 28.8 Å². The van der Waals surface area contributed by atoms with Crippen molar-refractivity contribution < 1.29 is 0 Å². The molecule has 2 aromatic rings. The minimum absolute atomic E-state index is 0.896. The van der Waals surface area contributed by atoms with E-state index in [0.29, 0.717) is 0 Å². The van der Waals surface area contributed by atoms with E-state index in [1.54, 1.807) is 0 Å². The molecule has 1 aliphatic rings. The molecule has 0 unspecified atom stereocenters. The Bertz CT molecular complexity index is 504. The first-order valence-corrected chi connectivity index (χ1v) is 5.67. The molecule has 0 amide bonds. The van der Waals surface area contributed by atoms with Crippen LogP contribution in [0.3, 0.4) is 0 Å². The molecule has 0 radical (unpaired) electrons. The number of hydrogen-bond donors (Lipinski definition) is 2. The quantitative estimate of drug-likeness (QED) is 0.830. The minimum Gasteiger partial charge on any atom is -0.307 e. The summed E-state index contributed by atoms with van der Waals surface area (Å²) in [5.41, 5.74) is 4.71. The highest BCUT2D eigenvalue weighted by atomic mass is 79.9. The third-order valence-electron chi connectivity index (χ3n) is 2.69. The second kappa shape index (κ2) is 3.47. The van der Waals surface area contributed by atoms with Crippen LogP contribution in [0.1, 0.15) is 11.3 Å². The van der Waals surface area contributed by atoms with Gasteiger partial charge in [0.1, 0.15) is 0 Å². The summed E-state index contributed by atoms with van der Waals surface area (Å²) in [7, 11) is 0. The molecule has 15 heavy (non-hydrogen) atoms. The first-order chi connectivity index (χ1) is 7.36. The van der Waals surface area contributed by atoms with Gasteiger partial charge in [-0.2, -0.15) is 5.10 Å². The zero-order valence-corrected chi connectivity index (χ0v) is 9.63. The first-order valence-electron chi connectivity index (χ1n) is 4.88. The molecule has 0 saturated heterocycles. The van der Waals surface area contributed by atoms with Crippen LogP contribution in [-0.4, -0.2) is 10.2 Å². The predicted octanol–water partition coefficient (Wildman–Crippen LogP) is 2.44. The van der Waals surface area contributed by atoms with Crippen LogP contribution in [-0.2, 0) is 13.1 Å². The number of aromatic amines is 1. The lowest BCUT2D eigenvalue weighted by Gasteiger charge is -2.02. The van der Waals surface area contributed by atoms with Crippen LogP contribution in [0.5, 0.6) is 0 Å². The van der Waals surface area contributed by atoms with Crippen LogP contribution in [0, 0.1) is 0 Å². The van der Waals surface area contributed by atoms with Crippen molar-refractivity contribution in [2.24, 2.45) is 0 Å². The molecule has 1 aliphatic heterocycles. The van der Waals surface area contributed by atoms with Crippen LogP contribution in [0.2, 0.25) is 0 Å². The highest BCUT2D eigenvalue weighted by Gasteiger charge is 2.19. The SMILES string of the molecule is Brc1ccccc1-c1n[nH]c2c1CNC2. The van der Waals surface area contributed by atoms with Gasteiger partial charge in [-0.1, -0.05) is 34.1 Å². The lowest BCUT2D eigenvalue weighted by atomic mass is 10.1. The smallest absolute Gasteiger partial charge is 0.0980 e. The number of rotatable bonds is 1. The summed E-state index contributed by atoms with van der Waals surface area (Å²) < 4.78 is 1.09. The molecular weight excluding hydrogens is 254 g/mol. The molecule has 3 rings (SSSR count). The van der Waals surface area contributed by atoms with Crippen LogP contribution >= 0.6 is 15.9 Å². The molecule has 0 spiro atoms. The van der Waals surface area contributed by atoms with Crippen LogP contribution in [0.4, 0.5) is 0 Å². The molecule has 2 heterocycles. The van der Waals surface area contributed by atoms with Gasteiger partial charge in [0.2, 0.25) is 0 Å². The lowest BCUT2D eigenvalue weighted by Crippen LogP contribution is -2.02. The Kier molecular flexibility index (Phi) is 2.11. The Hall–Kier alpha value is -1.13. The van der Waals surface area contributed by atoms with Gasteiger partial charge in [-0.05, 0) is 6.07 Å². The molecule has 1 aromatic heterocycles. The van der Waals surface area contributed by atoms with Gasteiger partial charge < -0.3 is 5.32 Å². The summed E-state index contributed by atoms with van der Waals surface area (Å²) in [6.07, 6.45) is 0. The zero-order valence-electron chi connectivity index (χ0n) is 8.05. The fourth-order valence-electron chi connectivity index (χ4n) is 1.93. The van der Waals surface area contributed by atoms with Crippen molar-refractivity contribution in [3.63, 3.8) is 0 Å². The highest BCUT2D eigenvalue weighted by molar-refractivity contribution is 9.10. The van der Waals surface area contributed by atoms with Crippen LogP contribution in [0.25, 0.3) is 11.3 Å². The number of nitrogens with one attached hydrogen (secondary N) is 2. The maximum Gasteiger partial charge on any atom is 0.0980 e. The number of halogens is 1. The first kappa shape index (κ1) is 9.12. The maximum atomic E-state index is 4.37. The third kappa shape index (κ3) is 1.41. The van der Waals surface area contributed by atoms with E-state index in [4.69, 9.17) is 0 Å². The van der Waals surface area contributed by atoms with E-state index in [9.17, 15) is 0 Å². The summed E-state index contributed by atoms with van der Waals surface area (Å²) in [5.74, 6) is 0. The topological polar surface area (TPSA) is 40.7 Å². The largest absolute Gasteiger partial charge is 0.307 e. The van der Waals surface area contributed by atoms with E-state index in [1.807, 2.05) is 18.2 Å². The summed E-state index contributed by atoms with van der Waals surface area (Å²) in [4.78, 5) is 0. The van der Waals surface area contributed by atoms with Gasteiger partial charge in [0.25, 0.3) is 0 Å². The molecule has 0 atom stereocenters. The molecule has 76 valence electrons. The summed E-state index contributed by atoms with van der Waals surface area (Å²) in [6, 6.07) is 8.17. The summed E-state index contributed by atoms with van der Waals surface area (Å²) >= 11 is 3.55. The van der Waals surface area contributed by atoms with E-state index >= 15 is 0 Å². The Labute approximate surface area is 96.0 Å². The van der Waals surface area contributed by atoms with Crippen LogP contribution in [0.15, 0.2) is 28.7 Å². The molecule has 2 N–H and O–H groups in total. The fourth-order valence-corrected chi connectivity index (χ4v) is 2.40. The number of nitrogens with zero attached hydrogens (tertiary/aromatic N) is 1. The fraction of sp³-hybridized carbons (Fsp3) is 0.182. The van der Waals surface area contributed by atoms with Crippen molar-refractivity contribution in [2.45, 2.75) is 13.1 Å². The molecule has 0 fully saturated rings. The second-order valence-electron chi connectivity index (χ2n) is 3.61. The van der Waals surface area contributed by atoms with Crippen molar-refractivity contribution in [1.29, 1.82) is 0 Å². The van der Waals surface area contributed by atoms with Gasteiger partial charge in [0.05, 0.1) is 11.4 Å². The Morgan fingerprint density at radius 3 is 2.93 bits per heavy atom. The standard InChI is InChI=1S/C11H10BrN3/c12-9-4-2-1-3-7(9)11-8-5-13-6-10(8)14-15-11/h1-4,13H,5-6H2,(H,14,15). The molecule has 0 saturated carbocycles. The number of hydrogen-bond acceptors (Lipinski definition) is 2. The molecule has 1 aromatic carbocycles. The second-order valence-corrected chi connectivity index (χ2v) is 4.47. The molecule has 0 bridgehead atoms. The van der Waals surface area contributed by atoms with Crippen molar-refractivity contribution in [1.82, 2.24) is 15.5 Å². The molecule has 3 nitrogen and oxygen atoms in total. The summed E-state index contributed by atoms with van der Waals surface area (Å²) in [6.45, 7) is 1.80. The van der Waals surface area contributed by atoms with Gasteiger partial charge in [-0.3, -0.25) is 5.10 Å². The average Bonchev–Trinajstić information content (AvgIpc) is 2.80. The van der Waals surface area contributed by atoms with Gasteiger partial charge in [-0.25, -0.2) is 0 Å². The molecular formula is C11H10BrN3. The van der Waals surface area contributed by atoms with Gasteiger partial charge >= 0.3 is 0 Å². The van der Waals surface area contributed by atoms with Crippen molar-refractivity contribution in [3.05, 3.63) is 40.0 Å². The van der Waals surface area contributed by atoms with Gasteiger partial charge in [0, 0.05) is 28.7 Å². The maximum absolute atomic E-state index is 4.37. The van der Waals surface area contributed by atoms with Gasteiger partial charge in [0.15, 0.2) is 0 Å². The molecule has 4 heteroatoms. The minimum atomic E-state index is 0.896. The van der Waals surface area contributed by atoms with E-state index in [-0.39, 0.29) is 0 Å². The number of aromatic nitrogens is 2. The van der Waals surface area contributed by atoms with E-state index in [1.165, 1.54) is 11.3 Å². The van der Waals surface area contributed by atoms with Crippen LogP contribution < -0.4 is 5.32 Å². The Morgan fingerprint density at radius 1 is 1.20 bits per heavy atom. The predicted molar refractivity (Wildman–Crippen MR) is 62.3 cm³/mol. The van der Waals surface area contributed by atoms with Crippen molar-refractivity contribution in [3.8, 4) is 11.3 Å². The summed E-state index contributed by atoms with van der Waals surface area (Å²) in [5, 5.41) is 10.8. The average molecular weight is 264 g/mol. The molecule has 0 aliphatic carbocycles. The van der Waals surface area contributed by atoms with Crippen molar-refractivity contribution in [2.75, 3.05) is 0 Å². The third-order valence-corrected chi connectivity index (χ3v) is 3.38. The van der Waals surface area contributed by atoms with Gasteiger partial charge in [-0.15, -0.1) is 0 Å². The normalized spacial score (nSPS) is 14.2. The van der Waals surface area contributed by atoms with E-state index in [2.05, 4.69) is 37.5 Å². The Morgan fingerprint density at radius 2 is 2.07 bits per heavy atom. The lowest BCUT2D eigenvalue weighted by molar-refractivity contribution is 0.743. The number of benzene rings is 1. The monoisotopic (exact) mass is 263 g/mol. The number of fused-ring (bicyclic) bond motifs is 1. The Balaban J connectivity index is 2.17. The van der Waals surface area contributed by atoms with Crippen molar-refractivity contribution >= 4 is 15.9 Å². The zero-order chi connectivity index (χ0) is 10.3.